The quantitative estimate of drug-likeness (QED) is 0.718. The summed E-state index contributed by atoms with van der Waals surface area (Å²) in [5.74, 6) is -0.771. The van der Waals surface area contributed by atoms with Crippen molar-refractivity contribution in [3.63, 3.8) is 0 Å². The zero-order chi connectivity index (χ0) is 19.8. The molecule has 0 aromatic heterocycles. The first-order chi connectivity index (χ1) is 12.9. The maximum absolute atomic E-state index is 12.2. The van der Waals surface area contributed by atoms with Crippen molar-refractivity contribution >= 4 is 17.9 Å². The molecule has 0 unspecified atom stereocenters. The smallest absolute Gasteiger partial charge is 0.339 e. The van der Waals surface area contributed by atoms with Crippen LogP contribution in [0.15, 0.2) is 48.5 Å². The standard InChI is InChI=1S/C19H20N2O6/c1-12(17(22)21-19(20)24)27-18(23)14-8-9-15(16(10-14)25-2)26-11-13-6-4-3-5-7-13/h3-10,12H,11H2,1-2H3,(H3,20,21,22,24)/t12-/m1/s1. The molecule has 2 rings (SSSR count). The Morgan fingerprint density at radius 3 is 2.41 bits per heavy atom. The molecule has 0 bridgehead atoms. The lowest BCUT2D eigenvalue weighted by molar-refractivity contribution is -0.127. The number of primary amides is 1. The van der Waals surface area contributed by atoms with Crippen molar-refractivity contribution in [3.8, 4) is 11.5 Å². The monoisotopic (exact) mass is 372 g/mol. The lowest BCUT2D eigenvalue weighted by atomic mass is 10.2. The summed E-state index contributed by atoms with van der Waals surface area (Å²) in [6.45, 7) is 1.66. The molecule has 8 nitrogen and oxygen atoms in total. The van der Waals surface area contributed by atoms with Crippen molar-refractivity contribution < 1.29 is 28.6 Å². The Kier molecular flexibility index (Phi) is 6.76. The van der Waals surface area contributed by atoms with Crippen LogP contribution in [-0.4, -0.2) is 31.1 Å². The lowest BCUT2D eigenvalue weighted by Crippen LogP contribution is -2.42. The van der Waals surface area contributed by atoms with Crippen molar-refractivity contribution in [1.29, 1.82) is 0 Å². The number of imide groups is 1. The minimum absolute atomic E-state index is 0.164. The zero-order valence-electron chi connectivity index (χ0n) is 14.9. The van der Waals surface area contributed by atoms with Gasteiger partial charge in [-0.15, -0.1) is 0 Å². The highest BCUT2D eigenvalue weighted by Gasteiger charge is 2.21. The molecular formula is C19H20N2O6. The number of hydrogen-bond donors (Lipinski definition) is 2. The van der Waals surface area contributed by atoms with Crippen LogP contribution in [0.3, 0.4) is 0 Å². The first-order valence-corrected chi connectivity index (χ1v) is 8.06. The van der Waals surface area contributed by atoms with Gasteiger partial charge >= 0.3 is 12.0 Å². The van der Waals surface area contributed by atoms with E-state index in [2.05, 4.69) is 0 Å². The van der Waals surface area contributed by atoms with Crippen LogP contribution in [0.2, 0.25) is 0 Å². The number of carbonyl (C=O) groups excluding carboxylic acids is 3. The third kappa shape index (κ3) is 5.74. The van der Waals surface area contributed by atoms with Crippen molar-refractivity contribution in [1.82, 2.24) is 5.32 Å². The van der Waals surface area contributed by atoms with E-state index in [4.69, 9.17) is 19.9 Å². The normalized spacial score (nSPS) is 11.2. The van der Waals surface area contributed by atoms with Crippen LogP contribution in [0.25, 0.3) is 0 Å². The molecule has 3 N–H and O–H groups in total. The molecule has 2 aromatic rings. The van der Waals surface area contributed by atoms with E-state index in [1.807, 2.05) is 35.6 Å². The summed E-state index contributed by atoms with van der Waals surface area (Å²) >= 11 is 0. The fourth-order valence-corrected chi connectivity index (χ4v) is 2.15. The van der Waals surface area contributed by atoms with Gasteiger partial charge in [-0.3, -0.25) is 10.1 Å². The fourth-order valence-electron chi connectivity index (χ4n) is 2.15. The topological polar surface area (TPSA) is 117 Å². The van der Waals surface area contributed by atoms with E-state index in [9.17, 15) is 14.4 Å². The number of hydrogen-bond acceptors (Lipinski definition) is 6. The number of amides is 3. The summed E-state index contributed by atoms with van der Waals surface area (Å²) in [6, 6.07) is 13.1. The summed E-state index contributed by atoms with van der Waals surface area (Å²) in [4.78, 5) is 34.4. The van der Waals surface area contributed by atoms with E-state index >= 15 is 0 Å². The van der Waals surface area contributed by atoms with Gasteiger partial charge in [-0.05, 0) is 30.7 Å². The van der Waals surface area contributed by atoms with Gasteiger partial charge < -0.3 is 19.9 Å². The van der Waals surface area contributed by atoms with Gasteiger partial charge in [-0.2, -0.15) is 0 Å². The number of methoxy groups -OCH3 is 1. The van der Waals surface area contributed by atoms with Crippen LogP contribution in [0.1, 0.15) is 22.8 Å². The second-order valence-electron chi connectivity index (χ2n) is 5.54. The van der Waals surface area contributed by atoms with Crippen molar-refractivity contribution in [2.75, 3.05) is 7.11 Å². The molecule has 142 valence electrons. The van der Waals surface area contributed by atoms with Crippen LogP contribution >= 0.6 is 0 Å². The number of carbonyl (C=O) groups is 3. The van der Waals surface area contributed by atoms with E-state index in [0.717, 1.165) is 5.56 Å². The Hall–Kier alpha value is -3.55. The molecule has 0 radical (unpaired) electrons. The van der Waals surface area contributed by atoms with Gasteiger partial charge in [-0.25, -0.2) is 9.59 Å². The average molecular weight is 372 g/mol. The molecule has 0 saturated carbocycles. The van der Waals surface area contributed by atoms with Crippen molar-refractivity contribution in [2.45, 2.75) is 19.6 Å². The van der Waals surface area contributed by atoms with Crippen LogP contribution in [0, 0.1) is 0 Å². The molecule has 27 heavy (non-hydrogen) atoms. The molecule has 8 heteroatoms. The number of ether oxygens (including phenoxy) is 3. The minimum Gasteiger partial charge on any atom is -0.493 e. The van der Waals surface area contributed by atoms with E-state index in [-0.39, 0.29) is 5.56 Å². The van der Waals surface area contributed by atoms with Crippen LogP contribution < -0.4 is 20.5 Å². The molecule has 0 saturated heterocycles. The molecule has 3 amide bonds. The van der Waals surface area contributed by atoms with Crippen LogP contribution in [0.4, 0.5) is 4.79 Å². The van der Waals surface area contributed by atoms with Crippen molar-refractivity contribution in [3.05, 3.63) is 59.7 Å². The Morgan fingerprint density at radius 2 is 1.78 bits per heavy atom. The Balaban J connectivity index is 2.04. The van der Waals surface area contributed by atoms with Crippen LogP contribution in [0.5, 0.6) is 11.5 Å². The Bertz CT molecular complexity index is 822. The van der Waals surface area contributed by atoms with Gasteiger partial charge in [0.05, 0.1) is 12.7 Å². The fraction of sp³-hybridized carbons (Fsp3) is 0.211. The van der Waals surface area contributed by atoms with Gasteiger partial charge in [-0.1, -0.05) is 30.3 Å². The largest absolute Gasteiger partial charge is 0.493 e. The summed E-state index contributed by atoms with van der Waals surface area (Å²) in [7, 11) is 1.45. The molecule has 2 aromatic carbocycles. The SMILES string of the molecule is COc1cc(C(=O)O[C@H](C)C(=O)NC(N)=O)ccc1OCc1ccccc1. The predicted molar refractivity (Wildman–Crippen MR) is 96.4 cm³/mol. The molecule has 0 spiro atoms. The van der Waals surface area contributed by atoms with E-state index < -0.39 is 24.0 Å². The van der Waals surface area contributed by atoms with Gasteiger partial charge in [0.15, 0.2) is 17.6 Å². The summed E-state index contributed by atoms with van der Waals surface area (Å²) in [5, 5.41) is 1.84. The van der Waals surface area contributed by atoms with Crippen LogP contribution in [-0.2, 0) is 16.1 Å². The minimum atomic E-state index is -1.19. The molecule has 1 atom stereocenters. The van der Waals surface area contributed by atoms with E-state index in [1.165, 1.54) is 26.2 Å². The number of nitrogens with one attached hydrogen (secondary N) is 1. The molecular weight excluding hydrogens is 352 g/mol. The molecule has 0 heterocycles. The van der Waals surface area contributed by atoms with Gasteiger partial charge in [0.2, 0.25) is 0 Å². The van der Waals surface area contributed by atoms with E-state index in [0.29, 0.717) is 18.1 Å². The highest BCUT2D eigenvalue weighted by Crippen LogP contribution is 2.29. The summed E-state index contributed by atoms with van der Waals surface area (Å²) in [6.07, 6.45) is -1.19. The number of esters is 1. The number of rotatable bonds is 7. The lowest BCUT2D eigenvalue weighted by Gasteiger charge is -2.14. The van der Waals surface area contributed by atoms with Crippen molar-refractivity contribution in [2.24, 2.45) is 5.73 Å². The predicted octanol–water partition coefficient (Wildman–Crippen LogP) is 2.01. The molecule has 0 aliphatic heterocycles. The maximum Gasteiger partial charge on any atom is 0.339 e. The first-order valence-electron chi connectivity index (χ1n) is 8.06. The molecule has 0 fully saturated rings. The second kappa shape index (κ2) is 9.23. The molecule has 0 aliphatic rings. The summed E-state index contributed by atoms with van der Waals surface area (Å²) < 4.78 is 16.0. The highest BCUT2D eigenvalue weighted by atomic mass is 16.5. The second-order valence-corrected chi connectivity index (χ2v) is 5.54. The number of benzene rings is 2. The van der Waals surface area contributed by atoms with Gasteiger partial charge in [0, 0.05) is 0 Å². The zero-order valence-corrected chi connectivity index (χ0v) is 14.9. The van der Waals surface area contributed by atoms with Gasteiger partial charge in [0.1, 0.15) is 6.61 Å². The first kappa shape index (κ1) is 19.8. The van der Waals surface area contributed by atoms with Gasteiger partial charge in [0.25, 0.3) is 5.91 Å². The number of nitrogens with two attached hydrogens (primary N) is 1. The Labute approximate surface area is 156 Å². The highest BCUT2D eigenvalue weighted by molar-refractivity contribution is 5.98. The third-order valence-corrected chi connectivity index (χ3v) is 3.54. The average Bonchev–Trinajstić information content (AvgIpc) is 2.66. The summed E-state index contributed by atoms with van der Waals surface area (Å²) in [5.41, 5.74) is 6.00. The number of urea groups is 1. The molecule has 0 aliphatic carbocycles. The third-order valence-electron chi connectivity index (χ3n) is 3.54. The van der Waals surface area contributed by atoms with E-state index in [1.54, 1.807) is 6.07 Å². The maximum atomic E-state index is 12.2. The Morgan fingerprint density at radius 1 is 1.07 bits per heavy atom.